The molecule has 0 radical (unpaired) electrons. The monoisotopic (exact) mass is 322 g/mol. The van der Waals surface area contributed by atoms with Crippen LogP contribution in [-0.2, 0) is 12.0 Å². The number of nitrogens with one attached hydrogen (secondary N) is 2. The van der Waals surface area contributed by atoms with Crippen molar-refractivity contribution in [1.29, 1.82) is 0 Å². The fourth-order valence-corrected chi connectivity index (χ4v) is 4.05. The molecule has 2 aromatic rings. The summed E-state index contributed by atoms with van der Waals surface area (Å²) in [7, 11) is 0. The second-order valence-corrected chi connectivity index (χ2v) is 7.01. The summed E-state index contributed by atoms with van der Waals surface area (Å²) in [5.74, 6) is 0.0590. The minimum Gasteiger partial charge on any atom is -0.354 e. The van der Waals surface area contributed by atoms with Gasteiger partial charge in [0.2, 0.25) is 0 Å². The summed E-state index contributed by atoms with van der Waals surface area (Å²) in [6, 6.07) is 10.2. The van der Waals surface area contributed by atoms with Gasteiger partial charge in [-0.3, -0.25) is 9.59 Å². The van der Waals surface area contributed by atoms with E-state index in [1.807, 2.05) is 25.1 Å². The molecule has 1 amide bonds. The van der Waals surface area contributed by atoms with Crippen molar-refractivity contribution < 1.29 is 9.59 Å². The van der Waals surface area contributed by atoms with Gasteiger partial charge in [0.1, 0.15) is 5.69 Å². The largest absolute Gasteiger partial charge is 0.354 e. The number of carbonyl (C=O) groups is 2. The second kappa shape index (κ2) is 5.62. The molecule has 0 unspecified atom stereocenters. The normalized spacial score (nSPS) is 18.6. The Balaban J connectivity index is 1.64. The molecule has 2 N–H and O–H groups in total. The van der Waals surface area contributed by atoms with E-state index in [2.05, 4.69) is 22.4 Å². The number of carbonyl (C=O) groups excluding carboxylic acids is 2. The first-order valence-corrected chi connectivity index (χ1v) is 8.73. The van der Waals surface area contributed by atoms with Crippen molar-refractivity contribution in [2.75, 3.05) is 0 Å². The summed E-state index contributed by atoms with van der Waals surface area (Å²) in [5, 5.41) is 3.25. The van der Waals surface area contributed by atoms with Gasteiger partial charge in [0.15, 0.2) is 5.78 Å². The molecule has 0 spiro atoms. The highest BCUT2D eigenvalue weighted by Gasteiger charge is 2.40. The van der Waals surface area contributed by atoms with E-state index in [9.17, 15) is 9.59 Å². The fraction of sp³-hybridized carbons (Fsp3) is 0.400. The molecule has 1 saturated carbocycles. The Morgan fingerprint density at radius 3 is 2.50 bits per heavy atom. The van der Waals surface area contributed by atoms with Gasteiger partial charge in [-0.25, -0.2) is 0 Å². The molecule has 1 aromatic carbocycles. The van der Waals surface area contributed by atoms with Crippen LogP contribution >= 0.6 is 0 Å². The molecule has 1 aromatic heterocycles. The number of amides is 1. The zero-order valence-corrected chi connectivity index (χ0v) is 13.9. The maximum atomic E-state index is 12.9. The molecule has 0 atom stereocenters. The van der Waals surface area contributed by atoms with Crippen molar-refractivity contribution in [2.24, 2.45) is 0 Å². The summed E-state index contributed by atoms with van der Waals surface area (Å²) < 4.78 is 0. The Hall–Kier alpha value is -2.36. The number of fused-ring (bicyclic) bond motifs is 1. The number of aromatic amines is 1. The van der Waals surface area contributed by atoms with Crippen LogP contribution in [-0.4, -0.2) is 16.7 Å². The predicted octanol–water partition coefficient (Wildman–Crippen LogP) is 3.65. The predicted molar refractivity (Wildman–Crippen MR) is 92.2 cm³/mol. The molecule has 2 aliphatic rings. The quantitative estimate of drug-likeness (QED) is 0.906. The number of ketones is 1. The second-order valence-electron chi connectivity index (χ2n) is 7.01. The van der Waals surface area contributed by atoms with Crippen LogP contribution in [0.2, 0.25) is 0 Å². The SMILES string of the molecule is Cc1c(C(=O)NC2(c3ccccc3)CCC2)[nH]c2c1C(=O)CCC2. The van der Waals surface area contributed by atoms with E-state index in [1.165, 1.54) is 0 Å². The van der Waals surface area contributed by atoms with Gasteiger partial charge in [0.25, 0.3) is 5.91 Å². The van der Waals surface area contributed by atoms with Crippen molar-refractivity contribution in [3.05, 3.63) is 58.4 Å². The molecule has 24 heavy (non-hydrogen) atoms. The van der Waals surface area contributed by atoms with E-state index >= 15 is 0 Å². The molecule has 1 fully saturated rings. The van der Waals surface area contributed by atoms with Crippen LogP contribution < -0.4 is 5.32 Å². The smallest absolute Gasteiger partial charge is 0.268 e. The Bertz CT molecular complexity index is 801. The van der Waals surface area contributed by atoms with Crippen molar-refractivity contribution >= 4 is 11.7 Å². The minimum absolute atomic E-state index is 0.0988. The van der Waals surface area contributed by atoms with Gasteiger partial charge in [-0.15, -0.1) is 0 Å². The van der Waals surface area contributed by atoms with Crippen LogP contribution in [0.15, 0.2) is 30.3 Å². The zero-order valence-electron chi connectivity index (χ0n) is 13.9. The van der Waals surface area contributed by atoms with Gasteiger partial charge in [-0.2, -0.15) is 0 Å². The molecule has 4 nitrogen and oxygen atoms in total. The van der Waals surface area contributed by atoms with Crippen LogP contribution in [0, 0.1) is 6.92 Å². The number of aromatic nitrogens is 1. The summed E-state index contributed by atoms with van der Waals surface area (Å²) in [6.45, 7) is 1.88. The number of hydrogen-bond donors (Lipinski definition) is 2. The Morgan fingerprint density at radius 2 is 1.88 bits per heavy atom. The van der Waals surface area contributed by atoms with Crippen LogP contribution in [0.4, 0.5) is 0 Å². The van der Waals surface area contributed by atoms with Crippen molar-refractivity contribution in [3.8, 4) is 0 Å². The van der Waals surface area contributed by atoms with Gasteiger partial charge in [0, 0.05) is 17.7 Å². The van der Waals surface area contributed by atoms with Crippen LogP contribution in [0.25, 0.3) is 0 Å². The molecular weight excluding hydrogens is 300 g/mol. The van der Waals surface area contributed by atoms with Gasteiger partial charge < -0.3 is 10.3 Å². The molecular formula is C20H22N2O2. The molecule has 0 saturated heterocycles. The molecule has 0 bridgehead atoms. The average molecular weight is 322 g/mol. The lowest BCUT2D eigenvalue weighted by molar-refractivity contribution is 0.0817. The number of hydrogen-bond acceptors (Lipinski definition) is 2. The highest BCUT2D eigenvalue weighted by molar-refractivity contribution is 6.04. The topological polar surface area (TPSA) is 62.0 Å². The van der Waals surface area contributed by atoms with E-state index < -0.39 is 0 Å². The first-order chi connectivity index (χ1) is 11.6. The number of rotatable bonds is 3. The molecule has 1 heterocycles. The summed E-state index contributed by atoms with van der Waals surface area (Å²) in [4.78, 5) is 28.3. The fourth-order valence-electron chi connectivity index (χ4n) is 4.05. The minimum atomic E-state index is -0.263. The van der Waals surface area contributed by atoms with Crippen molar-refractivity contribution in [2.45, 2.75) is 51.0 Å². The lowest BCUT2D eigenvalue weighted by Crippen LogP contribution is -2.51. The van der Waals surface area contributed by atoms with Gasteiger partial charge in [0.05, 0.1) is 5.54 Å². The van der Waals surface area contributed by atoms with Gasteiger partial charge in [-0.05, 0) is 50.2 Å². The Kier molecular flexibility index (Phi) is 3.56. The number of Topliss-reactive ketones (excluding diaryl/α,β-unsaturated/α-hetero) is 1. The summed E-state index contributed by atoms with van der Waals surface area (Å²) in [6.07, 6.45) is 5.33. The molecule has 0 aliphatic heterocycles. The number of aryl methyl sites for hydroxylation is 1. The molecule has 4 heteroatoms. The van der Waals surface area contributed by atoms with E-state index in [1.54, 1.807) is 0 Å². The highest BCUT2D eigenvalue weighted by atomic mass is 16.2. The van der Waals surface area contributed by atoms with Crippen molar-refractivity contribution in [1.82, 2.24) is 10.3 Å². The molecule has 2 aliphatic carbocycles. The Labute approximate surface area is 141 Å². The third-order valence-electron chi connectivity index (χ3n) is 5.55. The maximum Gasteiger partial charge on any atom is 0.268 e. The average Bonchev–Trinajstić information content (AvgIpc) is 2.90. The Morgan fingerprint density at radius 1 is 1.12 bits per heavy atom. The first-order valence-electron chi connectivity index (χ1n) is 8.73. The lowest BCUT2D eigenvalue weighted by atomic mass is 9.71. The zero-order chi connectivity index (χ0) is 16.7. The van der Waals surface area contributed by atoms with E-state index in [4.69, 9.17) is 0 Å². The van der Waals surface area contributed by atoms with Gasteiger partial charge in [-0.1, -0.05) is 30.3 Å². The third-order valence-corrected chi connectivity index (χ3v) is 5.55. The summed E-state index contributed by atoms with van der Waals surface area (Å²) in [5.41, 5.74) is 3.92. The van der Waals surface area contributed by atoms with Crippen LogP contribution in [0.3, 0.4) is 0 Å². The summed E-state index contributed by atoms with van der Waals surface area (Å²) >= 11 is 0. The maximum absolute atomic E-state index is 12.9. The van der Waals surface area contributed by atoms with Gasteiger partial charge >= 0.3 is 0 Å². The van der Waals surface area contributed by atoms with E-state index in [0.29, 0.717) is 12.1 Å². The number of H-pyrrole nitrogens is 1. The van der Waals surface area contributed by atoms with Crippen LogP contribution in [0.1, 0.15) is 69.8 Å². The third kappa shape index (κ3) is 2.29. The van der Waals surface area contributed by atoms with Crippen molar-refractivity contribution in [3.63, 3.8) is 0 Å². The lowest BCUT2D eigenvalue weighted by Gasteiger charge is -2.43. The highest BCUT2D eigenvalue weighted by Crippen LogP contribution is 2.41. The van der Waals surface area contributed by atoms with Crippen LogP contribution in [0.5, 0.6) is 0 Å². The molecule has 4 rings (SSSR count). The first kappa shape index (κ1) is 15.2. The van der Waals surface area contributed by atoms with E-state index in [0.717, 1.165) is 54.5 Å². The number of benzene rings is 1. The van der Waals surface area contributed by atoms with E-state index in [-0.39, 0.29) is 17.2 Å². The molecule has 124 valence electrons. The standard InChI is InChI=1S/C20H22N2O2/c1-13-17-15(9-5-10-16(17)23)21-18(13)19(24)22-20(11-6-12-20)14-7-3-2-4-8-14/h2-4,7-8,21H,5-6,9-12H2,1H3,(H,22,24).